The molecule has 288 valence electrons. The quantitative estimate of drug-likeness (QED) is 0.131. The molecule has 0 amide bonds. The molecule has 0 saturated heterocycles. The number of nitrogens with two attached hydrogens (primary N) is 1. The minimum Gasteiger partial charge on any atom is -0.340 e. The molecular formula is C42H45N9O2S3. The van der Waals surface area contributed by atoms with Gasteiger partial charge in [0.2, 0.25) is 0 Å². The predicted octanol–water partition coefficient (Wildman–Crippen LogP) is 8.12. The fraction of sp³-hybridized carbons (Fsp3) is 0.381. The van der Waals surface area contributed by atoms with E-state index < -0.39 is 9.84 Å². The van der Waals surface area contributed by atoms with E-state index >= 15 is 0 Å². The Kier molecular flexibility index (Phi) is 10.1. The summed E-state index contributed by atoms with van der Waals surface area (Å²) in [5.41, 5.74) is 15.5. The highest BCUT2D eigenvalue weighted by Gasteiger charge is 2.28. The van der Waals surface area contributed by atoms with Crippen molar-refractivity contribution in [1.29, 1.82) is 0 Å². The maximum Gasteiger partial charge on any atom is 0.152 e. The summed E-state index contributed by atoms with van der Waals surface area (Å²) >= 11 is 3.52. The molecular weight excluding hydrogens is 759 g/mol. The van der Waals surface area contributed by atoms with Gasteiger partial charge in [0.15, 0.2) is 9.84 Å². The zero-order valence-electron chi connectivity index (χ0n) is 31.6. The molecule has 14 heteroatoms. The summed E-state index contributed by atoms with van der Waals surface area (Å²) in [6.45, 7) is 5.84. The van der Waals surface area contributed by atoms with E-state index in [1.807, 2.05) is 12.4 Å². The monoisotopic (exact) mass is 803 g/mol. The summed E-state index contributed by atoms with van der Waals surface area (Å²) < 4.78 is 24.4. The second-order valence-electron chi connectivity index (χ2n) is 15.5. The van der Waals surface area contributed by atoms with Crippen molar-refractivity contribution in [2.45, 2.75) is 77.1 Å². The van der Waals surface area contributed by atoms with E-state index in [9.17, 15) is 8.42 Å². The molecule has 4 N–H and O–H groups in total. The highest BCUT2D eigenvalue weighted by Crippen LogP contribution is 2.42. The number of aromatic nitrogens is 4. The minimum absolute atomic E-state index is 0.282. The normalized spacial score (nSPS) is 18.1. The van der Waals surface area contributed by atoms with Crippen molar-refractivity contribution in [1.82, 2.24) is 19.9 Å². The molecule has 2 aliphatic heterocycles. The average molecular weight is 804 g/mol. The van der Waals surface area contributed by atoms with Crippen LogP contribution in [0.4, 0.5) is 23.0 Å². The van der Waals surface area contributed by atoms with E-state index in [1.54, 1.807) is 49.2 Å². The smallest absolute Gasteiger partial charge is 0.152 e. The number of hydrogen-bond acceptors (Lipinski definition) is 13. The van der Waals surface area contributed by atoms with Gasteiger partial charge in [-0.25, -0.2) is 28.4 Å². The van der Waals surface area contributed by atoms with Gasteiger partial charge in [0.25, 0.3) is 0 Å². The van der Waals surface area contributed by atoms with Crippen LogP contribution in [0.5, 0.6) is 0 Å². The second-order valence-corrected chi connectivity index (χ2v) is 20.3. The van der Waals surface area contributed by atoms with Crippen molar-refractivity contribution in [3.8, 4) is 0 Å². The average Bonchev–Trinajstić information content (AvgIpc) is 4.01. The minimum atomic E-state index is -2.98. The van der Waals surface area contributed by atoms with E-state index in [4.69, 9.17) is 5.73 Å². The number of aliphatic imine (C=N–C) groups is 2. The van der Waals surface area contributed by atoms with E-state index in [2.05, 4.69) is 77.0 Å². The number of thiophene rings is 2. The lowest BCUT2D eigenvalue weighted by molar-refractivity contribution is 0.448. The van der Waals surface area contributed by atoms with Gasteiger partial charge in [-0.1, -0.05) is 12.1 Å². The molecule has 2 aromatic carbocycles. The number of anilines is 4. The van der Waals surface area contributed by atoms with E-state index in [0.29, 0.717) is 11.8 Å². The van der Waals surface area contributed by atoms with Crippen molar-refractivity contribution in [2.24, 2.45) is 27.6 Å². The summed E-state index contributed by atoms with van der Waals surface area (Å²) in [5.74, 6) is 3.04. The Morgan fingerprint density at radius 1 is 0.750 bits per heavy atom. The molecule has 0 spiro atoms. The molecule has 11 nitrogen and oxygen atoms in total. The maximum absolute atomic E-state index is 12.2. The molecule has 2 unspecified atom stereocenters. The largest absolute Gasteiger partial charge is 0.340 e. The summed E-state index contributed by atoms with van der Waals surface area (Å²) in [6.07, 6.45) is 14.0. The first-order valence-electron chi connectivity index (χ1n) is 19.4. The third-order valence-electron chi connectivity index (χ3n) is 11.6. The van der Waals surface area contributed by atoms with Gasteiger partial charge < -0.3 is 16.4 Å². The summed E-state index contributed by atoms with van der Waals surface area (Å²) in [4.78, 5) is 31.6. The Bertz CT molecular complexity index is 2630. The van der Waals surface area contributed by atoms with Gasteiger partial charge in [-0.3, -0.25) is 9.98 Å². The van der Waals surface area contributed by atoms with Crippen LogP contribution in [0.25, 0.3) is 20.4 Å². The number of benzene rings is 2. The first-order valence-corrected chi connectivity index (χ1v) is 22.8. The highest BCUT2D eigenvalue weighted by atomic mass is 32.2. The fourth-order valence-electron chi connectivity index (χ4n) is 8.19. The first kappa shape index (κ1) is 37.0. The number of rotatable bonds is 9. The van der Waals surface area contributed by atoms with Crippen LogP contribution in [-0.2, 0) is 48.6 Å². The molecule has 6 heterocycles. The van der Waals surface area contributed by atoms with Crippen LogP contribution in [0.15, 0.2) is 59.0 Å². The Morgan fingerprint density at radius 2 is 1.27 bits per heavy atom. The summed E-state index contributed by atoms with van der Waals surface area (Å²) in [6, 6.07) is 12.7. The first-order chi connectivity index (χ1) is 27.2. The summed E-state index contributed by atoms with van der Waals surface area (Å²) in [5, 5.41) is 9.01. The van der Waals surface area contributed by atoms with Crippen molar-refractivity contribution in [2.75, 3.05) is 22.9 Å². The zero-order valence-corrected chi connectivity index (χ0v) is 34.0. The van der Waals surface area contributed by atoms with Crippen LogP contribution in [0.2, 0.25) is 0 Å². The van der Waals surface area contributed by atoms with Crippen LogP contribution in [0, 0.1) is 11.8 Å². The number of hydrogen-bond donors (Lipinski definition) is 3. The van der Waals surface area contributed by atoms with Gasteiger partial charge in [-0.2, -0.15) is 0 Å². The number of nitrogens with zero attached hydrogens (tertiary/aromatic N) is 6. The van der Waals surface area contributed by atoms with Gasteiger partial charge in [0, 0.05) is 33.6 Å². The van der Waals surface area contributed by atoms with Gasteiger partial charge in [-0.05, 0) is 135 Å². The zero-order chi connectivity index (χ0) is 38.4. The van der Waals surface area contributed by atoms with Gasteiger partial charge in [-0.15, -0.1) is 22.7 Å². The van der Waals surface area contributed by atoms with Crippen molar-refractivity contribution in [3.05, 3.63) is 92.2 Å². The Hall–Kier alpha value is -4.63. The molecule has 2 atom stereocenters. The Balaban J connectivity index is 0.000000149. The van der Waals surface area contributed by atoms with Crippen LogP contribution >= 0.6 is 22.7 Å². The van der Waals surface area contributed by atoms with Gasteiger partial charge in [0.1, 0.15) is 34.0 Å². The lowest BCUT2D eigenvalue weighted by atomic mass is 9.86. The lowest BCUT2D eigenvalue weighted by Gasteiger charge is -2.22. The van der Waals surface area contributed by atoms with E-state index in [1.165, 1.54) is 43.0 Å². The standard InChI is InChI=1S/C23H26N4O2S2.C19H19N5S/c1-14(2)31(28,29)8-7-15-3-6-19-20(9-15)30-23-21(19)22(25-13-26-23)27-18-5-4-16-11-24-12-17(16)10-18;20-7-11-1-4-15-16(5-11)25-19-17(15)18(22-10-23-19)24-14-3-2-12-8-21-9-13(12)6-14/h4-5,10,12-15H,3,6-9,11H2,1-2H3,(H,25,26,27);2-3,6,9-11H,1,4-5,7-8,20H2,(H,22,23,24). The number of sulfone groups is 1. The van der Waals surface area contributed by atoms with Crippen molar-refractivity contribution < 1.29 is 8.42 Å². The molecule has 6 aromatic rings. The number of aryl methyl sites for hydroxylation is 2. The predicted molar refractivity (Wildman–Crippen MR) is 230 cm³/mol. The fourth-order valence-corrected chi connectivity index (χ4v) is 11.9. The molecule has 0 saturated carbocycles. The SMILES string of the molecule is CC(C)S(=O)(=O)CCC1CCc2c(sc3ncnc(Nc4ccc5c(c4)C=NC5)c23)C1.NCC1CCc2c(sc3ncnc(Nc4ccc5c(c4)C=NC5)c23)C1. The van der Waals surface area contributed by atoms with Crippen LogP contribution < -0.4 is 16.4 Å². The lowest BCUT2D eigenvalue weighted by Crippen LogP contribution is -2.22. The number of nitrogens with one attached hydrogen (secondary N) is 2. The molecule has 2 aliphatic carbocycles. The van der Waals surface area contributed by atoms with Crippen molar-refractivity contribution in [3.63, 3.8) is 0 Å². The second kappa shape index (κ2) is 15.4. The number of fused-ring (bicyclic) bond motifs is 8. The molecule has 56 heavy (non-hydrogen) atoms. The van der Waals surface area contributed by atoms with E-state index in [0.717, 1.165) is 108 Å². The van der Waals surface area contributed by atoms with Gasteiger partial charge in [0.05, 0.1) is 34.9 Å². The molecule has 0 fully saturated rings. The third kappa shape index (κ3) is 7.35. The van der Waals surface area contributed by atoms with Crippen LogP contribution in [0.3, 0.4) is 0 Å². The summed E-state index contributed by atoms with van der Waals surface area (Å²) in [7, 11) is -2.98. The maximum atomic E-state index is 12.2. The van der Waals surface area contributed by atoms with Crippen LogP contribution in [0.1, 0.15) is 76.2 Å². The van der Waals surface area contributed by atoms with Crippen LogP contribution in [-0.4, -0.2) is 58.3 Å². The third-order valence-corrected chi connectivity index (χ3v) is 16.1. The van der Waals surface area contributed by atoms with E-state index in [-0.39, 0.29) is 11.0 Å². The Labute approximate surface area is 335 Å². The molecule has 0 bridgehead atoms. The molecule has 10 rings (SSSR count). The van der Waals surface area contributed by atoms with Gasteiger partial charge >= 0.3 is 0 Å². The van der Waals surface area contributed by atoms with Crippen molar-refractivity contribution >= 4 is 88.4 Å². The molecule has 4 aromatic heterocycles. The highest BCUT2D eigenvalue weighted by molar-refractivity contribution is 7.91. The Morgan fingerprint density at radius 3 is 1.79 bits per heavy atom. The molecule has 4 aliphatic rings. The molecule has 0 radical (unpaired) electrons. The topological polar surface area (TPSA) is 160 Å².